The van der Waals surface area contributed by atoms with E-state index in [1.165, 1.54) is 18.3 Å². The molecule has 164 valence electrons. The second-order valence-corrected chi connectivity index (χ2v) is 7.92. The van der Waals surface area contributed by atoms with Crippen molar-refractivity contribution in [1.82, 2.24) is 0 Å². The van der Waals surface area contributed by atoms with Crippen molar-refractivity contribution in [1.29, 1.82) is 0 Å². The summed E-state index contributed by atoms with van der Waals surface area (Å²) in [7, 11) is 1.63. The maximum atomic E-state index is 13.2. The van der Waals surface area contributed by atoms with Gasteiger partial charge in [-0.05, 0) is 71.5 Å². The third-order valence-corrected chi connectivity index (χ3v) is 5.65. The maximum Gasteiger partial charge on any atom is 0.221 e. The predicted octanol–water partition coefficient (Wildman–Crippen LogP) is 5.44. The van der Waals surface area contributed by atoms with Crippen LogP contribution in [0, 0.1) is 0 Å². The van der Waals surface area contributed by atoms with Gasteiger partial charge >= 0.3 is 0 Å². The van der Waals surface area contributed by atoms with Crippen molar-refractivity contribution < 1.29 is 19.1 Å². The number of nitrogens with zero attached hydrogens (tertiary/aromatic N) is 1. The van der Waals surface area contributed by atoms with Crippen LogP contribution in [0.15, 0.2) is 58.9 Å². The van der Waals surface area contributed by atoms with Crippen molar-refractivity contribution in [2.75, 3.05) is 19.0 Å². The molecule has 3 rings (SSSR count). The van der Waals surface area contributed by atoms with Crippen LogP contribution >= 0.6 is 23.6 Å². The van der Waals surface area contributed by atoms with Gasteiger partial charge in [0.25, 0.3) is 0 Å². The van der Waals surface area contributed by atoms with Gasteiger partial charge in [0, 0.05) is 18.2 Å². The zero-order valence-corrected chi connectivity index (χ0v) is 19.3. The number of nitrogens with one attached hydrogen (secondary N) is 1. The number of ketones is 1. The Morgan fingerprint density at radius 1 is 1.12 bits per heavy atom. The van der Waals surface area contributed by atoms with Gasteiger partial charge in [-0.2, -0.15) is 4.99 Å². The summed E-state index contributed by atoms with van der Waals surface area (Å²) < 4.78 is 11.0. The summed E-state index contributed by atoms with van der Waals surface area (Å²) in [6, 6.07) is 14.4. The molecule has 0 aliphatic heterocycles. The van der Waals surface area contributed by atoms with Crippen LogP contribution in [0.5, 0.6) is 5.75 Å². The van der Waals surface area contributed by atoms with Crippen molar-refractivity contribution in [2.45, 2.75) is 20.0 Å². The first kappa shape index (κ1) is 23.5. The van der Waals surface area contributed by atoms with E-state index in [0.29, 0.717) is 41.4 Å². The number of rotatable bonds is 10. The van der Waals surface area contributed by atoms with Crippen LogP contribution in [0.25, 0.3) is 0 Å². The lowest BCUT2D eigenvalue weighted by atomic mass is 10.00. The minimum absolute atomic E-state index is 0.158. The first-order chi connectivity index (χ1) is 15.5. The molecule has 1 amide bonds. The minimum atomic E-state index is -0.170. The number of aliphatic imine (C=N–C) groups is 1. The minimum Gasteiger partial charge on any atom is -0.497 e. The molecule has 0 aliphatic rings. The number of isothiocyanates is 1. The number of methoxy groups -OCH3 is 1. The average molecular weight is 467 g/mol. The smallest absolute Gasteiger partial charge is 0.221 e. The summed E-state index contributed by atoms with van der Waals surface area (Å²) in [4.78, 5) is 28.5. The molecule has 0 spiro atoms. The molecule has 0 bridgehead atoms. The molecule has 0 radical (unpaired) electrons. The van der Waals surface area contributed by atoms with Crippen LogP contribution < -0.4 is 10.1 Å². The molecule has 0 saturated heterocycles. The predicted molar refractivity (Wildman–Crippen MR) is 130 cm³/mol. The quantitative estimate of drug-likeness (QED) is 0.186. The Labute approximate surface area is 195 Å². The van der Waals surface area contributed by atoms with E-state index in [1.807, 2.05) is 29.6 Å². The summed E-state index contributed by atoms with van der Waals surface area (Å²) in [5.41, 5.74) is 3.53. The lowest BCUT2D eigenvalue weighted by molar-refractivity contribution is -0.114. The molecule has 0 atom stereocenters. The highest BCUT2D eigenvalue weighted by atomic mass is 32.1. The van der Waals surface area contributed by atoms with Crippen LogP contribution in [0.1, 0.15) is 34.0 Å². The third-order valence-electron chi connectivity index (χ3n) is 4.63. The van der Waals surface area contributed by atoms with Gasteiger partial charge in [-0.15, -0.1) is 11.3 Å². The number of hydrogen-bond donors (Lipinski definition) is 1. The standard InChI is InChI=1S/C24H22N2O4S2/c1-16(27)26-20-7-5-18(6-8-20)23(28)22-19(14-32-24(22)25-15-31)11-12-30-13-17-3-9-21(29-2)10-4-17/h3-10,14H,11-13H2,1-2H3,(H,26,27). The second kappa shape index (κ2) is 11.5. The number of thiocarbonyl (C=S) groups is 1. The topological polar surface area (TPSA) is 77.0 Å². The van der Waals surface area contributed by atoms with Crippen molar-refractivity contribution in [3.8, 4) is 5.75 Å². The number of ether oxygens (including phenoxy) is 2. The van der Waals surface area contributed by atoms with E-state index in [4.69, 9.17) is 21.7 Å². The molecule has 0 saturated carbocycles. The largest absolute Gasteiger partial charge is 0.497 e. The van der Waals surface area contributed by atoms with Gasteiger partial charge in [0.1, 0.15) is 10.8 Å². The van der Waals surface area contributed by atoms with Crippen molar-refractivity contribution in [3.63, 3.8) is 0 Å². The summed E-state index contributed by atoms with van der Waals surface area (Å²) >= 11 is 6.10. The van der Waals surface area contributed by atoms with Crippen LogP contribution in [0.4, 0.5) is 10.7 Å². The number of amides is 1. The van der Waals surface area contributed by atoms with Gasteiger partial charge in [-0.1, -0.05) is 12.1 Å². The number of hydrogen-bond acceptors (Lipinski definition) is 7. The molecule has 8 heteroatoms. The monoisotopic (exact) mass is 466 g/mol. The fraction of sp³-hybridized carbons (Fsp3) is 0.208. The molecule has 0 fully saturated rings. The van der Waals surface area contributed by atoms with E-state index >= 15 is 0 Å². The van der Waals surface area contributed by atoms with Crippen LogP contribution in [0.2, 0.25) is 0 Å². The van der Waals surface area contributed by atoms with Crippen LogP contribution in [-0.4, -0.2) is 30.6 Å². The summed E-state index contributed by atoms with van der Waals surface area (Å²) in [6.45, 7) is 2.35. The van der Waals surface area contributed by atoms with Gasteiger partial charge in [-0.3, -0.25) is 9.59 Å². The van der Waals surface area contributed by atoms with Gasteiger partial charge in [-0.25, -0.2) is 0 Å². The van der Waals surface area contributed by atoms with Crippen molar-refractivity contribution in [3.05, 3.63) is 76.2 Å². The van der Waals surface area contributed by atoms with E-state index in [9.17, 15) is 9.59 Å². The van der Waals surface area contributed by atoms with Gasteiger partial charge in [0.2, 0.25) is 5.91 Å². The van der Waals surface area contributed by atoms with Gasteiger partial charge < -0.3 is 14.8 Å². The first-order valence-corrected chi connectivity index (χ1v) is 11.1. The number of carbonyl (C=O) groups is 2. The first-order valence-electron chi connectivity index (χ1n) is 9.83. The molecular weight excluding hydrogens is 444 g/mol. The third kappa shape index (κ3) is 6.18. The Morgan fingerprint density at radius 3 is 2.47 bits per heavy atom. The number of carbonyl (C=O) groups excluding carboxylic acids is 2. The van der Waals surface area contributed by atoms with Gasteiger partial charge in [0.05, 0.1) is 31.0 Å². The van der Waals surface area contributed by atoms with Gasteiger partial charge in [0.15, 0.2) is 5.78 Å². The number of benzene rings is 2. The zero-order valence-electron chi connectivity index (χ0n) is 17.7. The Balaban J connectivity index is 1.70. The highest BCUT2D eigenvalue weighted by Crippen LogP contribution is 2.33. The molecule has 3 aromatic rings. The summed E-state index contributed by atoms with van der Waals surface area (Å²) in [6.07, 6.45) is 0.560. The second-order valence-electron chi connectivity index (χ2n) is 6.88. The zero-order chi connectivity index (χ0) is 22.9. The SMILES string of the molecule is COc1ccc(COCCc2csc(N=C=S)c2C(=O)c2ccc(NC(C)=O)cc2)cc1. The molecule has 2 aromatic carbocycles. The fourth-order valence-corrected chi connectivity index (χ4v) is 4.16. The van der Waals surface area contributed by atoms with Crippen molar-refractivity contribution >= 4 is 51.1 Å². The molecule has 1 heterocycles. The Morgan fingerprint density at radius 2 is 1.84 bits per heavy atom. The maximum absolute atomic E-state index is 13.2. The number of thiophene rings is 1. The molecular formula is C24H22N2O4S2. The van der Waals surface area contributed by atoms with Crippen molar-refractivity contribution in [2.24, 2.45) is 4.99 Å². The molecule has 0 unspecified atom stereocenters. The number of anilines is 1. The highest BCUT2D eigenvalue weighted by molar-refractivity contribution is 7.78. The summed E-state index contributed by atoms with van der Waals surface area (Å²) in [5.74, 6) is 0.470. The molecule has 1 N–H and O–H groups in total. The Kier molecular flexibility index (Phi) is 8.41. The molecule has 32 heavy (non-hydrogen) atoms. The van der Waals surface area contributed by atoms with Crippen LogP contribution in [-0.2, 0) is 22.6 Å². The van der Waals surface area contributed by atoms with E-state index in [1.54, 1.807) is 31.4 Å². The molecule has 0 aliphatic carbocycles. The molecule has 6 nitrogen and oxygen atoms in total. The van der Waals surface area contributed by atoms with E-state index < -0.39 is 0 Å². The Bertz CT molecular complexity index is 1130. The summed E-state index contributed by atoms with van der Waals surface area (Å²) in [5, 5.41) is 7.47. The van der Waals surface area contributed by atoms with E-state index in [-0.39, 0.29) is 11.7 Å². The van der Waals surface area contributed by atoms with E-state index in [2.05, 4.69) is 15.5 Å². The lowest BCUT2D eigenvalue weighted by Crippen LogP contribution is -2.08. The lowest BCUT2D eigenvalue weighted by Gasteiger charge is -2.08. The Hall–Kier alpha value is -3.16. The van der Waals surface area contributed by atoms with E-state index in [0.717, 1.165) is 16.9 Å². The average Bonchev–Trinajstić information content (AvgIpc) is 3.19. The van der Waals surface area contributed by atoms with Crippen LogP contribution in [0.3, 0.4) is 0 Å². The molecule has 1 aromatic heterocycles. The fourth-order valence-electron chi connectivity index (χ4n) is 3.08. The highest BCUT2D eigenvalue weighted by Gasteiger charge is 2.20. The normalized spacial score (nSPS) is 10.3.